The molecule has 1 aliphatic rings. The molecule has 2 N–H and O–H groups in total. The zero-order valence-electron chi connectivity index (χ0n) is 14.9. The Labute approximate surface area is 146 Å². The van der Waals surface area contributed by atoms with Crippen LogP contribution in [-0.2, 0) is 30.6 Å². The molecule has 0 radical (unpaired) electrons. The van der Waals surface area contributed by atoms with E-state index < -0.39 is 0 Å². The van der Waals surface area contributed by atoms with E-state index >= 15 is 0 Å². The molecule has 0 spiro atoms. The quantitative estimate of drug-likeness (QED) is 0.824. The number of nitrogens with zero attached hydrogens (tertiary/aromatic N) is 3. The molecular weight excluding hydrogens is 318 g/mol. The van der Waals surface area contributed by atoms with Crippen molar-refractivity contribution in [3.05, 3.63) is 44.9 Å². The Bertz CT molecular complexity index is 821. The Morgan fingerprint density at radius 2 is 2.12 bits per heavy atom. The lowest BCUT2D eigenvalue weighted by atomic mass is 9.95. The molecule has 2 aromatic heterocycles. The summed E-state index contributed by atoms with van der Waals surface area (Å²) in [7, 11) is 0. The number of hydrogen-bond acceptors (Lipinski definition) is 4. The summed E-state index contributed by atoms with van der Waals surface area (Å²) >= 11 is 0. The minimum absolute atomic E-state index is 0.0154. The van der Waals surface area contributed by atoms with Crippen LogP contribution in [0.4, 0.5) is 0 Å². The average molecular weight is 343 g/mol. The first-order chi connectivity index (χ1) is 12.0. The van der Waals surface area contributed by atoms with Crippen molar-refractivity contribution in [2.24, 2.45) is 0 Å². The monoisotopic (exact) mass is 343 g/mol. The molecule has 25 heavy (non-hydrogen) atoms. The SMILES string of the molecule is Cc1cc(C)n(CCNC(=O)CCc2n[nH]c3c2CCCC3)c(=O)n1. The smallest absolute Gasteiger partial charge is 0.348 e. The molecule has 3 rings (SSSR count). The zero-order chi connectivity index (χ0) is 17.8. The predicted molar refractivity (Wildman–Crippen MR) is 94.5 cm³/mol. The van der Waals surface area contributed by atoms with E-state index in [1.807, 2.05) is 13.0 Å². The second-order valence-electron chi connectivity index (χ2n) is 6.66. The molecule has 0 bridgehead atoms. The summed E-state index contributed by atoms with van der Waals surface area (Å²) in [5.41, 5.74) is 4.88. The van der Waals surface area contributed by atoms with Gasteiger partial charge in [0.1, 0.15) is 0 Å². The second-order valence-corrected chi connectivity index (χ2v) is 6.66. The van der Waals surface area contributed by atoms with Crippen LogP contribution in [0.1, 0.15) is 47.6 Å². The number of carbonyl (C=O) groups excluding carboxylic acids is 1. The molecule has 0 unspecified atom stereocenters. The van der Waals surface area contributed by atoms with Crippen molar-refractivity contribution >= 4 is 5.91 Å². The molecule has 134 valence electrons. The Morgan fingerprint density at radius 1 is 1.32 bits per heavy atom. The van der Waals surface area contributed by atoms with Crippen LogP contribution in [0.25, 0.3) is 0 Å². The van der Waals surface area contributed by atoms with Crippen LogP contribution >= 0.6 is 0 Å². The molecule has 0 aliphatic heterocycles. The maximum Gasteiger partial charge on any atom is 0.348 e. The number of H-pyrrole nitrogens is 1. The summed E-state index contributed by atoms with van der Waals surface area (Å²) in [5, 5.41) is 10.4. The number of aromatic nitrogens is 4. The number of rotatable bonds is 6. The van der Waals surface area contributed by atoms with E-state index in [9.17, 15) is 9.59 Å². The van der Waals surface area contributed by atoms with Crippen LogP contribution in [0.5, 0.6) is 0 Å². The number of aryl methyl sites for hydroxylation is 4. The Hall–Kier alpha value is -2.44. The van der Waals surface area contributed by atoms with Gasteiger partial charge in [-0.25, -0.2) is 4.79 Å². The molecular formula is C18H25N5O2. The van der Waals surface area contributed by atoms with E-state index in [1.54, 1.807) is 11.5 Å². The normalized spacial score (nSPS) is 13.5. The summed E-state index contributed by atoms with van der Waals surface area (Å²) in [6.07, 6.45) is 5.60. The van der Waals surface area contributed by atoms with Crippen LogP contribution < -0.4 is 11.0 Å². The molecule has 0 atom stereocenters. The lowest BCUT2D eigenvalue weighted by Crippen LogP contribution is -2.33. The molecule has 1 aliphatic carbocycles. The number of hydrogen-bond donors (Lipinski definition) is 2. The fourth-order valence-corrected chi connectivity index (χ4v) is 3.43. The fraction of sp³-hybridized carbons (Fsp3) is 0.556. The molecule has 2 heterocycles. The number of fused-ring (bicyclic) bond motifs is 1. The summed E-state index contributed by atoms with van der Waals surface area (Å²) in [6.45, 7) is 4.53. The summed E-state index contributed by atoms with van der Waals surface area (Å²) in [5.74, 6) is -0.0154. The summed E-state index contributed by atoms with van der Waals surface area (Å²) < 4.78 is 1.58. The van der Waals surface area contributed by atoms with Crippen molar-refractivity contribution in [1.82, 2.24) is 25.1 Å². The Kier molecular flexibility index (Phi) is 5.31. The lowest BCUT2D eigenvalue weighted by molar-refractivity contribution is -0.121. The van der Waals surface area contributed by atoms with Gasteiger partial charge in [-0.1, -0.05) is 0 Å². The molecule has 2 aromatic rings. The van der Waals surface area contributed by atoms with Crippen molar-refractivity contribution in [2.45, 2.75) is 58.9 Å². The van der Waals surface area contributed by atoms with Gasteiger partial charge in [-0.15, -0.1) is 0 Å². The largest absolute Gasteiger partial charge is 0.354 e. The van der Waals surface area contributed by atoms with E-state index in [0.717, 1.165) is 24.2 Å². The average Bonchev–Trinajstić information content (AvgIpc) is 2.98. The molecule has 0 fully saturated rings. The van der Waals surface area contributed by atoms with Gasteiger partial charge in [-0.3, -0.25) is 14.5 Å². The van der Waals surface area contributed by atoms with Crippen molar-refractivity contribution in [3.63, 3.8) is 0 Å². The highest BCUT2D eigenvalue weighted by molar-refractivity contribution is 5.76. The molecule has 1 amide bonds. The van der Waals surface area contributed by atoms with E-state index in [4.69, 9.17) is 0 Å². The van der Waals surface area contributed by atoms with Crippen LogP contribution in [0.15, 0.2) is 10.9 Å². The molecule has 7 nitrogen and oxygen atoms in total. The molecule has 0 aromatic carbocycles. The van der Waals surface area contributed by atoms with Gasteiger partial charge < -0.3 is 5.32 Å². The maximum absolute atomic E-state index is 12.1. The minimum Gasteiger partial charge on any atom is -0.354 e. The zero-order valence-corrected chi connectivity index (χ0v) is 14.9. The van der Waals surface area contributed by atoms with Crippen LogP contribution in [0.3, 0.4) is 0 Å². The lowest BCUT2D eigenvalue weighted by Gasteiger charge is -2.12. The third kappa shape index (κ3) is 4.15. The van der Waals surface area contributed by atoms with Gasteiger partial charge in [0.15, 0.2) is 0 Å². The van der Waals surface area contributed by atoms with Crippen LogP contribution in [0.2, 0.25) is 0 Å². The fourth-order valence-electron chi connectivity index (χ4n) is 3.43. The third-order valence-electron chi connectivity index (χ3n) is 4.73. The number of nitrogens with one attached hydrogen (secondary N) is 2. The highest BCUT2D eigenvalue weighted by Gasteiger charge is 2.17. The van der Waals surface area contributed by atoms with Crippen molar-refractivity contribution in [3.8, 4) is 0 Å². The third-order valence-corrected chi connectivity index (χ3v) is 4.73. The van der Waals surface area contributed by atoms with E-state index in [-0.39, 0.29) is 11.6 Å². The Morgan fingerprint density at radius 3 is 2.92 bits per heavy atom. The standard InChI is InChI=1S/C18H25N5O2/c1-12-11-13(2)23(18(25)20-12)10-9-19-17(24)8-7-16-14-5-3-4-6-15(14)21-22-16/h11H,3-10H2,1-2H3,(H,19,24)(H,21,22). The van der Waals surface area contributed by atoms with Gasteiger partial charge in [0.2, 0.25) is 5.91 Å². The van der Waals surface area contributed by atoms with Crippen molar-refractivity contribution in [2.75, 3.05) is 6.54 Å². The molecule has 7 heteroatoms. The van der Waals surface area contributed by atoms with Gasteiger partial charge in [-0.2, -0.15) is 10.1 Å². The minimum atomic E-state index is -0.269. The molecule has 0 saturated heterocycles. The summed E-state index contributed by atoms with van der Waals surface area (Å²) in [4.78, 5) is 27.9. The molecule has 0 saturated carbocycles. The van der Waals surface area contributed by atoms with E-state index in [0.29, 0.717) is 31.6 Å². The van der Waals surface area contributed by atoms with Gasteiger partial charge in [-0.05, 0) is 51.2 Å². The van der Waals surface area contributed by atoms with Gasteiger partial charge in [0, 0.05) is 43.0 Å². The number of aromatic amines is 1. The van der Waals surface area contributed by atoms with Gasteiger partial charge in [0.25, 0.3) is 0 Å². The van der Waals surface area contributed by atoms with Crippen LogP contribution in [0, 0.1) is 13.8 Å². The first-order valence-corrected chi connectivity index (χ1v) is 8.91. The van der Waals surface area contributed by atoms with E-state index in [2.05, 4.69) is 20.5 Å². The predicted octanol–water partition coefficient (Wildman–Crippen LogP) is 1.21. The summed E-state index contributed by atoms with van der Waals surface area (Å²) in [6, 6.07) is 1.87. The van der Waals surface area contributed by atoms with Gasteiger partial charge >= 0.3 is 5.69 Å². The number of carbonyl (C=O) groups is 1. The highest BCUT2D eigenvalue weighted by atomic mass is 16.2. The first-order valence-electron chi connectivity index (χ1n) is 8.91. The Balaban J connectivity index is 1.48. The number of amides is 1. The first kappa shape index (κ1) is 17.4. The van der Waals surface area contributed by atoms with Crippen molar-refractivity contribution < 1.29 is 4.79 Å². The van der Waals surface area contributed by atoms with Gasteiger partial charge in [0.05, 0.1) is 5.69 Å². The van der Waals surface area contributed by atoms with Crippen LogP contribution in [-0.4, -0.2) is 32.2 Å². The topological polar surface area (TPSA) is 92.7 Å². The highest BCUT2D eigenvalue weighted by Crippen LogP contribution is 2.22. The second kappa shape index (κ2) is 7.63. The van der Waals surface area contributed by atoms with Crippen molar-refractivity contribution in [1.29, 1.82) is 0 Å². The van der Waals surface area contributed by atoms with E-state index in [1.165, 1.54) is 24.1 Å². The maximum atomic E-state index is 12.1.